The van der Waals surface area contributed by atoms with Gasteiger partial charge in [0.25, 0.3) is 0 Å². The zero-order valence-corrected chi connectivity index (χ0v) is 31.2. The standard InChI is InChI=1S/C54H37N3/c1-2-13-39(14-3-1)48-18-8-9-19-49(48)46-31-50(40-24-20-38(21-25-40)45-17-10-28-55-34-45)53-52(33-46)57-35-47(43-26-22-36-11-4-6-15-41(36)29-43)32-51(54(57)56-53)44-27-23-37-12-5-7-16-42(37)30-44/h1-35,54,56H. The van der Waals surface area contributed by atoms with Gasteiger partial charge in [-0.2, -0.15) is 0 Å². The quantitative estimate of drug-likeness (QED) is 0.185. The molecule has 1 aromatic heterocycles. The first kappa shape index (κ1) is 32.9. The molecule has 8 aromatic carbocycles. The van der Waals surface area contributed by atoms with Crippen LogP contribution in [0.25, 0.3) is 77.2 Å². The maximum absolute atomic E-state index is 4.37. The number of rotatable bonds is 6. The lowest BCUT2D eigenvalue weighted by Crippen LogP contribution is -2.35. The van der Waals surface area contributed by atoms with E-state index >= 15 is 0 Å². The van der Waals surface area contributed by atoms with Crippen molar-refractivity contribution in [1.82, 2.24) is 4.98 Å². The first-order valence-electron chi connectivity index (χ1n) is 19.5. The van der Waals surface area contributed by atoms with E-state index in [0.717, 1.165) is 33.6 Å². The van der Waals surface area contributed by atoms with Crippen molar-refractivity contribution in [3.8, 4) is 44.5 Å². The van der Waals surface area contributed by atoms with Crippen molar-refractivity contribution in [3.05, 3.63) is 224 Å². The van der Waals surface area contributed by atoms with E-state index in [2.05, 4.69) is 209 Å². The fraction of sp³-hybridized carbons (Fsp3) is 0.0185. The minimum Gasteiger partial charge on any atom is -0.359 e. The van der Waals surface area contributed by atoms with Crippen molar-refractivity contribution in [2.75, 3.05) is 10.2 Å². The van der Waals surface area contributed by atoms with Gasteiger partial charge in [-0.05, 0) is 114 Å². The summed E-state index contributed by atoms with van der Waals surface area (Å²) in [6.45, 7) is 0. The maximum atomic E-state index is 4.37. The third kappa shape index (κ3) is 5.89. The van der Waals surface area contributed by atoms with Crippen LogP contribution in [0.4, 0.5) is 11.4 Å². The monoisotopic (exact) mass is 727 g/mol. The van der Waals surface area contributed by atoms with Crippen LogP contribution in [0.1, 0.15) is 11.1 Å². The molecule has 0 saturated carbocycles. The number of nitrogens with one attached hydrogen (secondary N) is 1. The molecule has 0 radical (unpaired) electrons. The van der Waals surface area contributed by atoms with Gasteiger partial charge >= 0.3 is 0 Å². The number of nitrogens with zero attached hydrogens (tertiary/aromatic N) is 2. The molecule has 11 rings (SSSR count). The van der Waals surface area contributed by atoms with Crippen molar-refractivity contribution in [1.29, 1.82) is 0 Å². The summed E-state index contributed by atoms with van der Waals surface area (Å²) < 4.78 is 0. The molecule has 0 bridgehead atoms. The average Bonchev–Trinajstić information content (AvgIpc) is 3.67. The average molecular weight is 728 g/mol. The van der Waals surface area contributed by atoms with Crippen LogP contribution < -0.4 is 10.2 Å². The fourth-order valence-electron chi connectivity index (χ4n) is 8.63. The molecule has 0 amide bonds. The first-order chi connectivity index (χ1) is 28.2. The molecule has 0 fully saturated rings. The molecule has 3 heterocycles. The van der Waals surface area contributed by atoms with Gasteiger partial charge in [-0.3, -0.25) is 4.98 Å². The Morgan fingerprint density at radius 2 is 1.00 bits per heavy atom. The molecule has 0 aliphatic carbocycles. The molecule has 0 spiro atoms. The summed E-state index contributed by atoms with van der Waals surface area (Å²) in [7, 11) is 0. The number of hydrogen-bond donors (Lipinski definition) is 1. The van der Waals surface area contributed by atoms with Crippen LogP contribution in [0.3, 0.4) is 0 Å². The molecule has 9 aromatic rings. The van der Waals surface area contributed by atoms with Crippen LogP contribution >= 0.6 is 0 Å². The number of pyridine rings is 1. The minimum atomic E-state index is -0.113. The molecule has 2 aliphatic rings. The minimum absolute atomic E-state index is 0.113. The summed E-state index contributed by atoms with van der Waals surface area (Å²) in [6.07, 6.45) is 8.37. The van der Waals surface area contributed by atoms with Gasteiger partial charge < -0.3 is 10.2 Å². The highest BCUT2D eigenvalue weighted by Gasteiger charge is 2.36. The molecule has 3 heteroatoms. The molecule has 57 heavy (non-hydrogen) atoms. The van der Waals surface area contributed by atoms with E-state index in [-0.39, 0.29) is 6.17 Å². The van der Waals surface area contributed by atoms with Crippen molar-refractivity contribution >= 4 is 44.1 Å². The predicted octanol–water partition coefficient (Wildman–Crippen LogP) is 13.8. The van der Waals surface area contributed by atoms with Gasteiger partial charge in [0.05, 0.1) is 11.4 Å². The largest absolute Gasteiger partial charge is 0.359 e. The summed E-state index contributed by atoms with van der Waals surface area (Å²) in [5.74, 6) is 0. The van der Waals surface area contributed by atoms with Crippen LogP contribution in [-0.2, 0) is 0 Å². The van der Waals surface area contributed by atoms with Gasteiger partial charge in [-0.25, -0.2) is 0 Å². The third-order valence-electron chi connectivity index (χ3n) is 11.5. The highest BCUT2D eigenvalue weighted by atomic mass is 15.3. The summed E-state index contributed by atoms with van der Waals surface area (Å²) in [5, 5.41) is 9.02. The zero-order chi connectivity index (χ0) is 37.7. The number of aromatic nitrogens is 1. The second kappa shape index (κ2) is 13.7. The number of fused-ring (bicyclic) bond motifs is 5. The highest BCUT2D eigenvalue weighted by molar-refractivity contribution is 6.04. The Balaban J connectivity index is 1.12. The van der Waals surface area contributed by atoms with Crippen LogP contribution in [0.2, 0.25) is 0 Å². The Bertz CT molecular complexity index is 3030. The van der Waals surface area contributed by atoms with Gasteiger partial charge in [-0.1, -0.05) is 158 Å². The fourth-order valence-corrected chi connectivity index (χ4v) is 8.63. The van der Waals surface area contributed by atoms with E-state index in [0.29, 0.717) is 0 Å². The second-order valence-corrected chi connectivity index (χ2v) is 14.9. The molecule has 1 atom stereocenters. The van der Waals surface area contributed by atoms with Crippen molar-refractivity contribution in [3.63, 3.8) is 0 Å². The van der Waals surface area contributed by atoms with Crippen LogP contribution in [0, 0.1) is 0 Å². The summed E-state index contributed by atoms with van der Waals surface area (Å²) >= 11 is 0. The van der Waals surface area contributed by atoms with Gasteiger partial charge in [0.1, 0.15) is 6.17 Å². The van der Waals surface area contributed by atoms with Crippen molar-refractivity contribution < 1.29 is 0 Å². The molecule has 1 N–H and O–H groups in total. The Kier molecular flexibility index (Phi) is 7.89. The molecule has 268 valence electrons. The van der Waals surface area contributed by atoms with Crippen LogP contribution in [0.5, 0.6) is 0 Å². The molecular formula is C54H37N3. The first-order valence-corrected chi connectivity index (χ1v) is 19.5. The highest BCUT2D eigenvalue weighted by Crippen LogP contribution is 2.51. The van der Waals surface area contributed by atoms with Gasteiger partial charge in [0, 0.05) is 29.7 Å². The third-order valence-corrected chi connectivity index (χ3v) is 11.5. The topological polar surface area (TPSA) is 28.2 Å². The Morgan fingerprint density at radius 1 is 0.421 bits per heavy atom. The van der Waals surface area contributed by atoms with Crippen LogP contribution in [-0.4, -0.2) is 11.1 Å². The lowest BCUT2D eigenvalue weighted by Gasteiger charge is -2.31. The molecular weight excluding hydrogens is 691 g/mol. The van der Waals surface area contributed by atoms with Crippen molar-refractivity contribution in [2.45, 2.75) is 6.17 Å². The van der Waals surface area contributed by atoms with E-state index < -0.39 is 0 Å². The molecule has 0 saturated heterocycles. The van der Waals surface area contributed by atoms with E-state index in [1.807, 2.05) is 18.5 Å². The SMILES string of the molecule is C1=C(c2ccc3ccccc3c2)C=C(c2ccc3ccccc3c2)C2Nc3c(-c4ccc(-c5cccnc5)cc4)cc(-c4ccccc4-c4ccccc4)cc3N12. The summed E-state index contributed by atoms with van der Waals surface area (Å²) in [5.41, 5.74) is 16.4. The molecule has 1 unspecified atom stereocenters. The smallest absolute Gasteiger partial charge is 0.130 e. The van der Waals surface area contributed by atoms with Crippen molar-refractivity contribution in [2.24, 2.45) is 0 Å². The number of anilines is 2. The van der Waals surface area contributed by atoms with E-state index in [1.165, 1.54) is 66.1 Å². The van der Waals surface area contributed by atoms with E-state index in [4.69, 9.17) is 0 Å². The lowest BCUT2D eigenvalue weighted by molar-refractivity contribution is 0.929. The zero-order valence-electron chi connectivity index (χ0n) is 31.2. The molecule has 3 nitrogen and oxygen atoms in total. The second-order valence-electron chi connectivity index (χ2n) is 14.9. The Morgan fingerprint density at radius 3 is 1.72 bits per heavy atom. The van der Waals surface area contributed by atoms with Gasteiger partial charge in [0.2, 0.25) is 0 Å². The van der Waals surface area contributed by atoms with Gasteiger partial charge in [-0.15, -0.1) is 0 Å². The van der Waals surface area contributed by atoms with E-state index in [9.17, 15) is 0 Å². The summed E-state index contributed by atoms with van der Waals surface area (Å²) in [4.78, 5) is 6.84. The molecule has 2 aliphatic heterocycles. The normalized spacial score (nSPS) is 14.5. The predicted molar refractivity (Wildman–Crippen MR) is 240 cm³/mol. The summed E-state index contributed by atoms with van der Waals surface area (Å²) in [6, 6.07) is 68.2. The number of hydrogen-bond acceptors (Lipinski definition) is 3. The Labute approximate surface area is 332 Å². The number of allylic oxidation sites excluding steroid dienone is 2. The van der Waals surface area contributed by atoms with E-state index in [1.54, 1.807) is 0 Å². The van der Waals surface area contributed by atoms with Crippen LogP contribution in [0.15, 0.2) is 213 Å². The lowest BCUT2D eigenvalue weighted by atomic mass is 9.90. The number of benzene rings is 8. The maximum Gasteiger partial charge on any atom is 0.130 e. The van der Waals surface area contributed by atoms with Gasteiger partial charge in [0.15, 0.2) is 0 Å². The Hall–Kier alpha value is -7.49.